The zero-order valence-corrected chi connectivity index (χ0v) is 16.6. The maximum Gasteiger partial charge on any atom is 0.321 e. The summed E-state index contributed by atoms with van der Waals surface area (Å²) in [6.07, 6.45) is -0.114. The molecule has 1 N–H and O–H groups in total. The van der Waals surface area contributed by atoms with Crippen LogP contribution in [0.2, 0.25) is 5.02 Å². The molecule has 0 aliphatic heterocycles. The number of Topliss-reactive ketones (excluding diaryl/α,β-unsaturated/α-hetero) is 1. The third-order valence-corrected chi connectivity index (χ3v) is 4.98. The van der Waals surface area contributed by atoms with E-state index < -0.39 is 12.0 Å². The van der Waals surface area contributed by atoms with Crippen LogP contribution in [-0.4, -0.2) is 27.8 Å². The van der Waals surface area contributed by atoms with Crippen molar-refractivity contribution in [1.82, 2.24) is 4.90 Å². The Morgan fingerprint density at radius 3 is 1.72 bits per heavy atom. The Kier molecular flexibility index (Phi) is 7.17. The Morgan fingerprint density at radius 2 is 1.28 bits per heavy atom. The second kappa shape index (κ2) is 10.0. The van der Waals surface area contributed by atoms with Crippen LogP contribution in [0.15, 0.2) is 84.9 Å². The van der Waals surface area contributed by atoms with Gasteiger partial charge in [-0.25, -0.2) is 0 Å². The van der Waals surface area contributed by atoms with Crippen LogP contribution in [0, 0.1) is 0 Å². The smallest absolute Gasteiger partial charge is 0.321 e. The summed E-state index contributed by atoms with van der Waals surface area (Å²) in [4.78, 5) is 26.7. The van der Waals surface area contributed by atoms with Crippen molar-refractivity contribution in [3.8, 4) is 0 Å². The second-order valence-corrected chi connectivity index (χ2v) is 7.30. The summed E-state index contributed by atoms with van der Waals surface area (Å²) in [6.45, 7) is 0.862. The number of carbonyl (C=O) groups excluding carboxylic acids is 1. The summed E-state index contributed by atoms with van der Waals surface area (Å²) in [5.41, 5.74) is 2.45. The summed E-state index contributed by atoms with van der Waals surface area (Å²) in [7, 11) is 0. The maximum absolute atomic E-state index is 12.7. The summed E-state index contributed by atoms with van der Waals surface area (Å²) in [5, 5.41) is 10.5. The largest absolute Gasteiger partial charge is 0.480 e. The first-order valence-electron chi connectivity index (χ1n) is 9.36. The quantitative estimate of drug-likeness (QED) is 0.503. The molecule has 148 valence electrons. The fourth-order valence-corrected chi connectivity index (χ4v) is 3.34. The predicted molar refractivity (Wildman–Crippen MR) is 114 cm³/mol. The molecule has 0 radical (unpaired) electrons. The molecule has 3 aromatic carbocycles. The maximum atomic E-state index is 12.7. The Morgan fingerprint density at radius 1 is 0.793 bits per heavy atom. The van der Waals surface area contributed by atoms with E-state index in [1.54, 1.807) is 24.3 Å². The van der Waals surface area contributed by atoms with Gasteiger partial charge in [-0.05, 0) is 35.4 Å². The number of benzene rings is 3. The van der Waals surface area contributed by atoms with Crippen LogP contribution in [0.3, 0.4) is 0 Å². The van der Waals surface area contributed by atoms with Crippen LogP contribution < -0.4 is 0 Å². The third-order valence-electron chi connectivity index (χ3n) is 4.73. The van der Waals surface area contributed by atoms with E-state index in [2.05, 4.69) is 0 Å². The predicted octanol–water partition coefficient (Wildman–Crippen LogP) is 5.07. The first kappa shape index (κ1) is 20.8. The zero-order valence-electron chi connectivity index (χ0n) is 15.9. The van der Waals surface area contributed by atoms with E-state index in [1.807, 2.05) is 65.6 Å². The van der Waals surface area contributed by atoms with Gasteiger partial charge in [0.15, 0.2) is 5.78 Å². The minimum absolute atomic E-state index is 0.114. The van der Waals surface area contributed by atoms with E-state index in [1.165, 1.54) is 0 Å². The number of ketones is 1. The number of aliphatic carboxylic acids is 1. The number of carboxylic acid groups (broad SMARTS) is 1. The summed E-state index contributed by atoms with van der Waals surface area (Å²) in [6, 6.07) is 24.9. The van der Waals surface area contributed by atoms with Crippen LogP contribution in [0.25, 0.3) is 0 Å². The number of nitrogens with zero attached hydrogens (tertiary/aromatic N) is 1. The van der Waals surface area contributed by atoms with Crippen molar-refractivity contribution < 1.29 is 14.7 Å². The fourth-order valence-electron chi connectivity index (χ4n) is 3.21. The van der Waals surface area contributed by atoms with Crippen molar-refractivity contribution in [2.45, 2.75) is 25.6 Å². The van der Waals surface area contributed by atoms with Gasteiger partial charge >= 0.3 is 5.97 Å². The molecule has 0 saturated carbocycles. The molecule has 4 nitrogen and oxygen atoms in total. The van der Waals surface area contributed by atoms with Crippen LogP contribution in [0.4, 0.5) is 0 Å². The first-order chi connectivity index (χ1) is 14.0. The normalized spacial score (nSPS) is 11.9. The monoisotopic (exact) mass is 407 g/mol. The minimum Gasteiger partial charge on any atom is -0.480 e. The van der Waals surface area contributed by atoms with Gasteiger partial charge in [0.25, 0.3) is 0 Å². The van der Waals surface area contributed by atoms with Gasteiger partial charge in [0, 0.05) is 30.1 Å². The van der Waals surface area contributed by atoms with Gasteiger partial charge in [-0.1, -0.05) is 72.3 Å². The Hall–Kier alpha value is -2.95. The van der Waals surface area contributed by atoms with E-state index in [0.717, 1.165) is 11.1 Å². The molecule has 0 fully saturated rings. The Balaban J connectivity index is 1.85. The SMILES string of the molecule is O=C(CC(C(=O)O)N(Cc1ccccc1)Cc1ccccc1)c1ccc(Cl)cc1. The van der Waals surface area contributed by atoms with Crippen molar-refractivity contribution in [2.75, 3.05) is 0 Å². The van der Waals surface area contributed by atoms with E-state index in [9.17, 15) is 14.7 Å². The van der Waals surface area contributed by atoms with Crippen molar-refractivity contribution in [3.05, 3.63) is 107 Å². The molecule has 0 heterocycles. The van der Waals surface area contributed by atoms with Gasteiger partial charge in [0.05, 0.1) is 0 Å². The van der Waals surface area contributed by atoms with E-state index in [-0.39, 0.29) is 12.2 Å². The molecule has 0 amide bonds. The molecule has 0 aliphatic carbocycles. The minimum atomic E-state index is -1.01. The highest BCUT2D eigenvalue weighted by molar-refractivity contribution is 6.30. The highest BCUT2D eigenvalue weighted by atomic mass is 35.5. The van der Waals surface area contributed by atoms with Crippen molar-refractivity contribution in [3.63, 3.8) is 0 Å². The lowest BCUT2D eigenvalue weighted by molar-refractivity contribution is -0.143. The average Bonchev–Trinajstić information content (AvgIpc) is 2.73. The van der Waals surface area contributed by atoms with E-state index in [0.29, 0.717) is 23.7 Å². The molecule has 29 heavy (non-hydrogen) atoms. The first-order valence-corrected chi connectivity index (χ1v) is 9.74. The van der Waals surface area contributed by atoms with Gasteiger partial charge in [-0.15, -0.1) is 0 Å². The third kappa shape index (κ3) is 6.01. The molecule has 0 saturated heterocycles. The van der Waals surface area contributed by atoms with Crippen LogP contribution >= 0.6 is 11.6 Å². The Labute approximate surface area is 175 Å². The molecular formula is C24H22ClNO3. The molecule has 0 aromatic heterocycles. The second-order valence-electron chi connectivity index (χ2n) is 6.86. The molecule has 0 bridgehead atoms. The zero-order chi connectivity index (χ0) is 20.6. The number of carboxylic acids is 1. The average molecular weight is 408 g/mol. The van der Waals surface area contributed by atoms with Crippen LogP contribution in [0.5, 0.6) is 0 Å². The van der Waals surface area contributed by atoms with Gasteiger partial charge < -0.3 is 5.11 Å². The van der Waals surface area contributed by atoms with Crippen LogP contribution in [0.1, 0.15) is 27.9 Å². The van der Waals surface area contributed by atoms with E-state index >= 15 is 0 Å². The van der Waals surface area contributed by atoms with Crippen molar-refractivity contribution >= 4 is 23.4 Å². The highest BCUT2D eigenvalue weighted by Gasteiger charge is 2.29. The number of halogens is 1. The number of carbonyl (C=O) groups is 2. The lowest BCUT2D eigenvalue weighted by Gasteiger charge is -2.29. The summed E-state index contributed by atoms with van der Waals surface area (Å²) >= 11 is 5.89. The number of hydrogen-bond donors (Lipinski definition) is 1. The molecule has 5 heteroatoms. The standard InChI is InChI=1S/C24H22ClNO3/c25-21-13-11-20(12-14-21)23(27)15-22(24(28)29)26(16-18-7-3-1-4-8-18)17-19-9-5-2-6-10-19/h1-14,22H,15-17H2,(H,28,29). The topological polar surface area (TPSA) is 57.6 Å². The molecule has 3 aromatic rings. The van der Waals surface area contributed by atoms with Crippen LogP contribution in [-0.2, 0) is 17.9 Å². The van der Waals surface area contributed by atoms with Gasteiger partial charge in [0.1, 0.15) is 6.04 Å². The molecule has 1 atom stereocenters. The van der Waals surface area contributed by atoms with Gasteiger partial charge in [-0.2, -0.15) is 0 Å². The van der Waals surface area contributed by atoms with Gasteiger partial charge in [-0.3, -0.25) is 14.5 Å². The summed E-state index contributed by atoms with van der Waals surface area (Å²) < 4.78 is 0. The number of rotatable bonds is 9. The fraction of sp³-hybridized carbons (Fsp3) is 0.167. The molecule has 0 spiro atoms. The van der Waals surface area contributed by atoms with Gasteiger partial charge in [0.2, 0.25) is 0 Å². The molecule has 1 unspecified atom stereocenters. The van der Waals surface area contributed by atoms with Crippen molar-refractivity contribution in [1.29, 1.82) is 0 Å². The highest BCUT2D eigenvalue weighted by Crippen LogP contribution is 2.19. The molecule has 3 rings (SSSR count). The van der Waals surface area contributed by atoms with Crippen molar-refractivity contribution in [2.24, 2.45) is 0 Å². The summed E-state index contributed by atoms with van der Waals surface area (Å²) in [5.74, 6) is -1.24. The lowest BCUT2D eigenvalue weighted by atomic mass is 10.0. The molecular weight excluding hydrogens is 386 g/mol. The van der Waals surface area contributed by atoms with E-state index in [4.69, 9.17) is 11.6 Å². The number of hydrogen-bond acceptors (Lipinski definition) is 3. The Bertz CT molecular complexity index is 901. The lowest BCUT2D eigenvalue weighted by Crippen LogP contribution is -2.41. The molecule has 0 aliphatic rings.